The minimum absolute atomic E-state index is 0.00242. The Bertz CT molecular complexity index is 406. The second-order valence-corrected chi connectivity index (χ2v) is 4.44. The first-order chi connectivity index (χ1) is 9.08. The zero-order valence-corrected chi connectivity index (χ0v) is 12.1. The molecule has 0 radical (unpaired) electrons. The summed E-state index contributed by atoms with van der Waals surface area (Å²) < 4.78 is 11.0. The molecule has 0 aromatic heterocycles. The third-order valence-electron chi connectivity index (χ3n) is 2.90. The molecular weight excluding hydrogens is 242 g/mol. The van der Waals surface area contributed by atoms with E-state index in [1.54, 1.807) is 0 Å². The van der Waals surface area contributed by atoms with Crippen molar-refractivity contribution in [2.45, 2.75) is 40.4 Å². The number of para-hydroxylation sites is 2. The Morgan fingerprint density at radius 1 is 1.26 bits per heavy atom. The number of ether oxygens (including phenoxy) is 2. The van der Waals surface area contributed by atoms with Crippen LogP contribution in [-0.2, 0) is 9.53 Å². The van der Waals surface area contributed by atoms with E-state index >= 15 is 0 Å². The van der Waals surface area contributed by atoms with Crippen LogP contribution in [0.1, 0.15) is 34.1 Å². The third kappa shape index (κ3) is 4.91. The van der Waals surface area contributed by atoms with Gasteiger partial charge in [-0.3, -0.25) is 4.79 Å². The Kier molecular flexibility index (Phi) is 6.36. The molecule has 0 saturated carbocycles. The van der Waals surface area contributed by atoms with Crippen LogP contribution >= 0.6 is 0 Å². The van der Waals surface area contributed by atoms with Crippen molar-refractivity contribution in [3.8, 4) is 5.75 Å². The summed E-state index contributed by atoms with van der Waals surface area (Å²) in [6.45, 7) is 8.22. The highest BCUT2D eigenvalue weighted by Crippen LogP contribution is 2.25. The number of amides is 1. The predicted octanol–water partition coefficient (Wildman–Crippen LogP) is 3.43. The summed E-state index contributed by atoms with van der Waals surface area (Å²) in [5.74, 6) is 0.611. The number of carbonyl (C=O) groups is 1. The van der Waals surface area contributed by atoms with Crippen molar-refractivity contribution in [3.05, 3.63) is 24.3 Å². The van der Waals surface area contributed by atoms with Crippen molar-refractivity contribution in [1.29, 1.82) is 0 Å². The van der Waals surface area contributed by atoms with Gasteiger partial charge in [-0.25, -0.2) is 0 Å². The number of anilines is 1. The van der Waals surface area contributed by atoms with Crippen LogP contribution in [0.5, 0.6) is 5.75 Å². The molecule has 2 atom stereocenters. The SMILES string of the molecule is CCOC(C)Oc1ccccc1NC(=O)C(C)CC. The van der Waals surface area contributed by atoms with Crippen molar-refractivity contribution in [2.75, 3.05) is 11.9 Å². The lowest BCUT2D eigenvalue weighted by atomic mass is 10.1. The maximum absolute atomic E-state index is 11.9. The summed E-state index contributed by atoms with van der Waals surface area (Å²) in [5, 5.41) is 2.89. The van der Waals surface area contributed by atoms with Gasteiger partial charge in [0, 0.05) is 12.5 Å². The number of benzene rings is 1. The van der Waals surface area contributed by atoms with E-state index in [2.05, 4.69) is 5.32 Å². The molecule has 0 aliphatic rings. The third-order valence-corrected chi connectivity index (χ3v) is 2.90. The van der Waals surface area contributed by atoms with Crippen LogP contribution in [0, 0.1) is 5.92 Å². The highest BCUT2D eigenvalue weighted by molar-refractivity contribution is 5.93. The van der Waals surface area contributed by atoms with Crippen LogP contribution in [0.2, 0.25) is 0 Å². The monoisotopic (exact) mass is 265 g/mol. The fourth-order valence-corrected chi connectivity index (χ4v) is 1.56. The lowest BCUT2D eigenvalue weighted by Crippen LogP contribution is -2.21. The van der Waals surface area contributed by atoms with E-state index in [9.17, 15) is 4.79 Å². The molecule has 2 unspecified atom stereocenters. The van der Waals surface area contributed by atoms with E-state index in [1.807, 2.05) is 52.0 Å². The Hall–Kier alpha value is -1.55. The highest BCUT2D eigenvalue weighted by Gasteiger charge is 2.14. The van der Waals surface area contributed by atoms with Crippen molar-refractivity contribution in [3.63, 3.8) is 0 Å². The summed E-state index contributed by atoms with van der Waals surface area (Å²) in [4.78, 5) is 11.9. The molecule has 0 bridgehead atoms. The summed E-state index contributed by atoms with van der Waals surface area (Å²) in [5.41, 5.74) is 0.680. The fourth-order valence-electron chi connectivity index (χ4n) is 1.56. The normalized spacial score (nSPS) is 13.7. The Morgan fingerprint density at radius 3 is 2.58 bits per heavy atom. The van der Waals surface area contributed by atoms with Gasteiger partial charge in [0.2, 0.25) is 5.91 Å². The van der Waals surface area contributed by atoms with E-state index in [4.69, 9.17) is 9.47 Å². The molecule has 4 heteroatoms. The Morgan fingerprint density at radius 2 is 1.95 bits per heavy atom. The molecule has 0 aliphatic carbocycles. The molecule has 1 amide bonds. The summed E-state index contributed by atoms with van der Waals surface area (Å²) >= 11 is 0. The van der Waals surface area contributed by atoms with Gasteiger partial charge < -0.3 is 14.8 Å². The van der Waals surface area contributed by atoms with Gasteiger partial charge in [-0.1, -0.05) is 26.0 Å². The van der Waals surface area contributed by atoms with E-state index in [-0.39, 0.29) is 18.1 Å². The largest absolute Gasteiger partial charge is 0.463 e. The minimum atomic E-state index is -0.341. The molecule has 0 heterocycles. The number of carbonyl (C=O) groups excluding carboxylic acids is 1. The zero-order chi connectivity index (χ0) is 14.3. The van der Waals surface area contributed by atoms with E-state index in [0.717, 1.165) is 6.42 Å². The van der Waals surface area contributed by atoms with Crippen molar-refractivity contribution >= 4 is 11.6 Å². The van der Waals surface area contributed by atoms with Crippen molar-refractivity contribution in [1.82, 2.24) is 0 Å². The number of nitrogens with one attached hydrogen (secondary N) is 1. The van der Waals surface area contributed by atoms with Crippen LogP contribution in [0.3, 0.4) is 0 Å². The number of hydrogen-bond donors (Lipinski definition) is 1. The standard InChI is InChI=1S/C15H23NO3/c1-5-11(3)15(17)16-13-9-7-8-10-14(13)19-12(4)18-6-2/h7-12H,5-6H2,1-4H3,(H,16,17). The first-order valence-corrected chi connectivity index (χ1v) is 6.76. The van der Waals surface area contributed by atoms with Gasteiger partial charge in [0.1, 0.15) is 5.75 Å². The molecule has 1 N–H and O–H groups in total. The average molecular weight is 265 g/mol. The minimum Gasteiger partial charge on any atom is -0.463 e. The van der Waals surface area contributed by atoms with Gasteiger partial charge in [0.05, 0.1) is 5.69 Å². The molecule has 1 rings (SSSR count). The van der Waals surface area contributed by atoms with Crippen LogP contribution in [0.25, 0.3) is 0 Å². The molecule has 106 valence electrons. The smallest absolute Gasteiger partial charge is 0.227 e. The maximum atomic E-state index is 11.9. The Labute approximate surface area is 115 Å². The van der Waals surface area contributed by atoms with Gasteiger partial charge in [-0.05, 0) is 32.4 Å². The van der Waals surface area contributed by atoms with E-state index in [0.29, 0.717) is 18.0 Å². The predicted molar refractivity (Wildman–Crippen MR) is 76.2 cm³/mol. The molecule has 19 heavy (non-hydrogen) atoms. The second-order valence-electron chi connectivity index (χ2n) is 4.44. The second kappa shape index (κ2) is 7.79. The highest BCUT2D eigenvalue weighted by atomic mass is 16.7. The molecule has 1 aromatic carbocycles. The fraction of sp³-hybridized carbons (Fsp3) is 0.533. The lowest BCUT2D eigenvalue weighted by molar-refractivity contribution is -0.119. The molecule has 1 aromatic rings. The zero-order valence-electron chi connectivity index (χ0n) is 12.1. The first-order valence-electron chi connectivity index (χ1n) is 6.76. The molecule has 0 spiro atoms. The van der Waals surface area contributed by atoms with Crippen molar-refractivity contribution < 1.29 is 14.3 Å². The molecule has 4 nitrogen and oxygen atoms in total. The molecular formula is C15H23NO3. The van der Waals surface area contributed by atoms with Gasteiger partial charge in [-0.2, -0.15) is 0 Å². The van der Waals surface area contributed by atoms with Crippen LogP contribution in [-0.4, -0.2) is 18.8 Å². The van der Waals surface area contributed by atoms with Crippen LogP contribution in [0.4, 0.5) is 5.69 Å². The average Bonchev–Trinajstić information content (AvgIpc) is 2.40. The van der Waals surface area contributed by atoms with Crippen molar-refractivity contribution in [2.24, 2.45) is 5.92 Å². The molecule has 0 fully saturated rings. The summed E-state index contributed by atoms with van der Waals surface area (Å²) in [7, 11) is 0. The van der Waals surface area contributed by atoms with Gasteiger partial charge in [0.25, 0.3) is 0 Å². The van der Waals surface area contributed by atoms with Gasteiger partial charge in [0.15, 0.2) is 6.29 Å². The Balaban J connectivity index is 2.75. The molecule has 0 saturated heterocycles. The first kappa shape index (κ1) is 15.5. The number of hydrogen-bond acceptors (Lipinski definition) is 3. The van der Waals surface area contributed by atoms with E-state index < -0.39 is 0 Å². The quantitative estimate of drug-likeness (QED) is 0.768. The number of rotatable bonds is 7. The van der Waals surface area contributed by atoms with Crippen LogP contribution in [0.15, 0.2) is 24.3 Å². The van der Waals surface area contributed by atoms with Gasteiger partial charge >= 0.3 is 0 Å². The topological polar surface area (TPSA) is 47.6 Å². The molecule has 0 aliphatic heterocycles. The van der Waals surface area contributed by atoms with E-state index in [1.165, 1.54) is 0 Å². The lowest BCUT2D eigenvalue weighted by Gasteiger charge is -2.18. The summed E-state index contributed by atoms with van der Waals surface area (Å²) in [6.07, 6.45) is 0.469. The van der Waals surface area contributed by atoms with Crippen LogP contribution < -0.4 is 10.1 Å². The van der Waals surface area contributed by atoms with Gasteiger partial charge in [-0.15, -0.1) is 0 Å². The maximum Gasteiger partial charge on any atom is 0.227 e. The summed E-state index contributed by atoms with van der Waals surface area (Å²) in [6, 6.07) is 7.38.